The lowest BCUT2D eigenvalue weighted by molar-refractivity contribution is -0.384. The molecule has 0 fully saturated rings. The van der Waals surface area contributed by atoms with Crippen molar-refractivity contribution in [2.45, 2.75) is 24.9 Å². The molecule has 7 heteroatoms. The van der Waals surface area contributed by atoms with Gasteiger partial charge in [-0.25, -0.2) is 0 Å². The number of aromatic nitrogens is 1. The fourth-order valence-electron chi connectivity index (χ4n) is 5.54. The van der Waals surface area contributed by atoms with Crippen molar-refractivity contribution in [1.82, 2.24) is 15.2 Å². The predicted molar refractivity (Wildman–Crippen MR) is 129 cm³/mol. The minimum Gasteiger partial charge on any atom is -0.356 e. The zero-order valence-corrected chi connectivity index (χ0v) is 18.6. The number of nitro groups is 1. The maximum atomic E-state index is 14.5. The van der Waals surface area contributed by atoms with E-state index in [2.05, 4.69) is 28.5 Å². The topological polar surface area (TPSA) is 91.3 Å². The summed E-state index contributed by atoms with van der Waals surface area (Å²) >= 11 is 0. The van der Waals surface area contributed by atoms with Crippen LogP contribution in [0.1, 0.15) is 27.9 Å². The van der Waals surface area contributed by atoms with Gasteiger partial charge in [0.2, 0.25) is 0 Å². The second-order valence-corrected chi connectivity index (χ2v) is 9.00. The summed E-state index contributed by atoms with van der Waals surface area (Å²) in [5.74, 6) is -0.0386. The van der Waals surface area contributed by atoms with Crippen LogP contribution in [0.2, 0.25) is 0 Å². The molecule has 0 radical (unpaired) electrons. The number of amides is 1. The quantitative estimate of drug-likeness (QED) is 0.362. The minimum atomic E-state index is -1.14. The number of benzene rings is 3. The molecule has 0 saturated heterocycles. The minimum absolute atomic E-state index is 0.00549. The zero-order chi connectivity index (χ0) is 23.3. The molecule has 6 rings (SSSR count). The number of rotatable bonds is 3. The van der Waals surface area contributed by atoms with E-state index < -0.39 is 10.5 Å². The molecule has 3 heterocycles. The third kappa shape index (κ3) is 3.04. The van der Waals surface area contributed by atoms with Crippen LogP contribution >= 0.6 is 0 Å². The number of hydrogen-bond donors (Lipinski definition) is 2. The van der Waals surface area contributed by atoms with Crippen LogP contribution in [0.25, 0.3) is 10.9 Å². The number of carbonyl (C=O) groups excluding carboxylic acids is 1. The van der Waals surface area contributed by atoms with Crippen molar-refractivity contribution in [1.29, 1.82) is 0 Å². The summed E-state index contributed by atoms with van der Waals surface area (Å²) in [5, 5.41) is 15.9. The highest BCUT2D eigenvalue weighted by atomic mass is 16.6. The zero-order valence-electron chi connectivity index (χ0n) is 18.6. The average molecular weight is 453 g/mol. The number of non-ortho nitro benzene ring substituents is 1. The number of para-hydroxylation sites is 1. The first-order valence-corrected chi connectivity index (χ1v) is 11.5. The Morgan fingerprint density at radius 3 is 2.47 bits per heavy atom. The van der Waals surface area contributed by atoms with Crippen LogP contribution in [0, 0.1) is 10.1 Å². The van der Waals surface area contributed by atoms with Crippen molar-refractivity contribution in [2.24, 2.45) is 0 Å². The maximum Gasteiger partial charge on any atom is 0.269 e. The first kappa shape index (κ1) is 20.6. The second-order valence-electron chi connectivity index (χ2n) is 9.00. The molecule has 170 valence electrons. The van der Waals surface area contributed by atoms with Crippen LogP contribution < -0.4 is 5.32 Å². The van der Waals surface area contributed by atoms with Crippen molar-refractivity contribution in [3.8, 4) is 0 Å². The SMILES string of the molecule is O=C(N1CCc2ccccc2C1)C1(c2ccc([N+](=O)[O-])cc2)NCCc2c1[nH]c1ccccc21. The molecule has 1 atom stereocenters. The van der Waals surface area contributed by atoms with Gasteiger partial charge in [0.05, 0.1) is 10.6 Å². The highest BCUT2D eigenvalue weighted by Gasteiger charge is 2.49. The Bertz CT molecular complexity index is 1430. The van der Waals surface area contributed by atoms with Crippen LogP contribution in [-0.2, 0) is 29.7 Å². The number of nitrogens with zero attached hydrogens (tertiary/aromatic N) is 2. The van der Waals surface area contributed by atoms with Crippen molar-refractivity contribution in [3.63, 3.8) is 0 Å². The molecule has 4 aromatic rings. The fourth-order valence-corrected chi connectivity index (χ4v) is 5.54. The van der Waals surface area contributed by atoms with E-state index in [9.17, 15) is 14.9 Å². The van der Waals surface area contributed by atoms with Gasteiger partial charge in [0.1, 0.15) is 0 Å². The molecule has 2 aliphatic rings. The van der Waals surface area contributed by atoms with Crippen molar-refractivity contribution in [2.75, 3.05) is 13.1 Å². The van der Waals surface area contributed by atoms with Gasteiger partial charge in [-0.3, -0.25) is 20.2 Å². The van der Waals surface area contributed by atoms with E-state index in [0.717, 1.165) is 40.6 Å². The molecule has 7 nitrogen and oxygen atoms in total. The molecule has 3 aromatic carbocycles. The van der Waals surface area contributed by atoms with Crippen LogP contribution in [0.5, 0.6) is 0 Å². The van der Waals surface area contributed by atoms with Crippen LogP contribution in [0.4, 0.5) is 5.69 Å². The van der Waals surface area contributed by atoms with E-state index in [1.807, 2.05) is 35.2 Å². The third-order valence-electron chi connectivity index (χ3n) is 7.20. The largest absolute Gasteiger partial charge is 0.356 e. The summed E-state index contributed by atoms with van der Waals surface area (Å²) in [4.78, 5) is 30.8. The molecule has 1 aromatic heterocycles. The number of aromatic amines is 1. The van der Waals surface area contributed by atoms with Gasteiger partial charge in [0.15, 0.2) is 5.54 Å². The number of nitrogens with one attached hydrogen (secondary N) is 2. The molecule has 1 unspecified atom stereocenters. The Morgan fingerprint density at radius 1 is 0.941 bits per heavy atom. The molecular formula is C27H24N4O3. The number of H-pyrrole nitrogens is 1. The Balaban J connectivity index is 1.52. The van der Waals surface area contributed by atoms with Crippen molar-refractivity contribution < 1.29 is 9.72 Å². The first-order chi connectivity index (χ1) is 16.6. The Labute approximate surface area is 196 Å². The van der Waals surface area contributed by atoms with Crippen LogP contribution in [-0.4, -0.2) is 33.8 Å². The maximum absolute atomic E-state index is 14.5. The molecule has 2 aliphatic heterocycles. The van der Waals surface area contributed by atoms with E-state index in [1.165, 1.54) is 17.7 Å². The fraction of sp³-hybridized carbons (Fsp3) is 0.222. The molecule has 0 aliphatic carbocycles. The summed E-state index contributed by atoms with van der Waals surface area (Å²) in [7, 11) is 0. The Kier molecular flexibility index (Phi) is 4.74. The van der Waals surface area contributed by atoms with Gasteiger partial charge >= 0.3 is 0 Å². The molecular weight excluding hydrogens is 428 g/mol. The summed E-state index contributed by atoms with van der Waals surface area (Å²) < 4.78 is 0. The average Bonchev–Trinajstić information content (AvgIpc) is 3.27. The van der Waals surface area contributed by atoms with Gasteiger partial charge < -0.3 is 9.88 Å². The Morgan fingerprint density at radius 2 is 1.68 bits per heavy atom. The first-order valence-electron chi connectivity index (χ1n) is 11.5. The van der Waals surface area contributed by atoms with Gasteiger partial charge in [-0.2, -0.15) is 0 Å². The van der Waals surface area contributed by atoms with Gasteiger partial charge in [-0.15, -0.1) is 0 Å². The molecule has 0 bridgehead atoms. The normalized spacial score (nSPS) is 19.5. The number of hydrogen-bond acceptors (Lipinski definition) is 4. The van der Waals surface area contributed by atoms with Crippen LogP contribution in [0.15, 0.2) is 72.8 Å². The highest BCUT2D eigenvalue weighted by Crippen LogP contribution is 2.40. The predicted octanol–water partition coefficient (Wildman–Crippen LogP) is 4.05. The molecule has 1 amide bonds. The van der Waals surface area contributed by atoms with E-state index in [0.29, 0.717) is 25.2 Å². The number of fused-ring (bicyclic) bond motifs is 4. The summed E-state index contributed by atoms with van der Waals surface area (Å²) in [6, 6.07) is 22.7. The summed E-state index contributed by atoms with van der Waals surface area (Å²) in [5.41, 5.74) is 4.94. The Hall–Kier alpha value is -3.97. The van der Waals surface area contributed by atoms with Gasteiger partial charge in [-0.05, 0) is 53.3 Å². The lowest BCUT2D eigenvalue weighted by Gasteiger charge is -2.42. The van der Waals surface area contributed by atoms with E-state index in [-0.39, 0.29) is 11.6 Å². The van der Waals surface area contributed by atoms with Gasteiger partial charge in [0.25, 0.3) is 11.6 Å². The van der Waals surface area contributed by atoms with E-state index in [4.69, 9.17) is 0 Å². The lowest BCUT2D eigenvalue weighted by atomic mass is 9.79. The molecule has 0 spiro atoms. The second kappa shape index (κ2) is 7.81. The van der Waals surface area contributed by atoms with Crippen LogP contribution in [0.3, 0.4) is 0 Å². The highest BCUT2D eigenvalue weighted by molar-refractivity contribution is 5.96. The standard InChI is InChI=1S/C27H24N4O3/c32-26(30-16-14-18-5-1-2-6-19(18)17-30)27(20-9-11-21(12-10-20)31(33)34)25-23(13-15-28-27)22-7-3-4-8-24(22)29-25/h1-12,28-29H,13-17H2. The molecule has 34 heavy (non-hydrogen) atoms. The van der Waals surface area contributed by atoms with Gasteiger partial charge in [-0.1, -0.05) is 42.5 Å². The van der Waals surface area contributed by atoms with Gasteiger partial charge in [0, 0.05) is 42.7 Å². The van der Waals surface area contributed by atoms with Crippen molar-refractivity contribution >= 4 is 22.5 Å². The summed E-state index contributed by atoms with van der Waals surface area (Å²) in [6.45, 7) is 1.80. The van der Waals surface area contributed by atoms with E-state index in [1.54, 1.807) is 12.1 Å². The number of carbonyl (C=O) groups is 1. The third-order valence-corrected chi connectivity index (χ3v) is 7.20. The van der Waals surface area contributed by atoms with E-state index >= 15 is 0 Å². The van der Waals surface area contributed by atoms with Crippen molar-refractivity contribution in [3.05, 3.63) is 111 Å². The lowest BCUT2D eigenvalue weighted by Crippen LogP contribution is -2.59. The number of nitro benzene ring substituents is 1. The molecule has 2 N–H and O–H groups in total. The monoisotopic (exact) mass is 452 g/mol. The molecule has 0 saturated carbocycles. The summed E-state index contributed by atoms with van der Waals surface area (Å²) in [6.07, 6.45) is 1.60. The smallest absolute Gasteiger partial charge is 0.269 e.